The van der Waals surface area contributed by atoms with Gasteiger partial charge >= 0.3 is 11.0 Å². The van der Waals surface area contributed by atoms with E-state index in [1.165, 1.54) is 10.6 Å². The molecule has 0 aliphatic carbocycles. The van der Waals surface area contributed by atoms with E-state index in [2.05, 4.69) is 5.32 Å². The van der Waals surface area contributed by atoms with Crippen LogP contribution in [0.15, 0.2) is 76.6 Å². The van der Waals surface area contributed by atoms with Crippen LogP contribution in [-0.2, 0) is 32.5 Å². The van der Waals surface area contributed by atoms with E-state index in [1.54, 1.807) is 19.9 Å². The van der Waals surface area contributed by atoms with Crippen LogP contribution in [0.3, 0.4) is 0 Å². The number of carbonyl (C=O) groups is 3. The summed E-state index contributed by atoms with van der Waals surface area (Å²) in [6.07, 6.45) is -4.64. The number of alkyl halides is 3. The Morgan fingerprint density at radius 1 is 0.951 bits per heavy atom. The van der Waals surface area contributed by atoms with E-state index >= 15 is 0 Å². The quantitative estimate of drug-likeness (QED) is 0.307. The molecule has 1 saturated heterocycles. The molecule has 7 nitrogen and oxygen atoms in total. The van der Waals surface area contributed by atoms with Crippen LogP contribution in [0, 0.1) is 5.92 Å². The topological polar surface area (TPSA) is 88.5 Å². The zero-order chi connectivity index (χ0) is 29.3. The van der Waals surface area contributed by atoms with Gasteiger partial charge in [0.1, 0.15) is 11.8 Å². The second-order valence-corrected chi connectivity index (χ2v) is 12.6. The molecule has 0 unspecified atom stereocenters. The smallest absolute Gasteiger partial charge is 0.325 e. The van der Waals surface area contributed by atoms with Crippen molar-refractivity contribution in [2.45, 2.75) is 42.3 Å². The molecule has 1 aromatic heterocycles. The van der Waals surface area contributed by atoms with E-state index in [4.69, 9.17) is 0 Å². The minimum atomic E-state index is -4.64. The van der Waals surface area contributed by atoms with Gasteiger partial charge in [-0.15, -0.1) is 0 Å². The van der Waals surface area contributed by atoms with Crippen molar-refractivity contribution in [3.63, 3.8) is 0 Å². The van der Waals surface area contributed by atoms with Crippen molar-refractivity contribution in [1.29, 1.82) is 0 Å². The standard InChI is InChI=1S/C29H22F3N3O4S2/c1-28(2)21-22(25(38)35(24(21)37)19-9-5-8-17(13-19)29(30,31)32)40-26-23(28)41-27(39)34(26)14-20(36)33-18-11-10-15-6-3-4-7-16(15)12-18/h3-13,21-22H,14H2,1-2H3,(H,33,36)/t21-,22+/m1/s1. The maximum atomic E-state index is 13.6. The predicted molar refractivity (Wildman–Crippen MR) is 151 cm³/mol. The third-order valence-corrected chi connectivity index (χ3v) is 10.3. The molecule has 41 heavy (non-hydrogen) atoms. The monoisotopic (exact) mass is 597 g/mol. The van der Waals surface area contributed by atoms with E-state index in [1.807, 2.05) is 36.4 Å². The molecule has 2 aliphatic heterocycles. The molecule has 0 bridgehead atoms. The van der Waals surface area contributed by atoms with Crippen LogP contribution in [0.4, 0.5) is 24.5 Å². The fourth-order valence-electron chi connectivity index (χ4n) is 5.45. The number of aromatic nitrogens is 1. The number of rotatable bonds is 4. The lowest BCUT2D eigenvalue weighted by Gasteiger charge is -2.36. The molecule has 0 radical (unpaired) electrons. The first-order chi connectivity index (χ1) is 19.4. The van der Waals surface area contributed by atoms with Crippen molar-refractivity contribution < 1.29 is 27.6 Å². The number of fused-ring (bicyclic) bond motifs is 3. The molecule has 0 spiro atoms. The number of thiazole rings is 1. The van der Waals surface area contributed by atoms with E-state index < -0.39 is 50.9 Å². The van der Waals surface area contributed by atoms with Crippen LogP contribution in [0.2, 0.25) is 0 Å². The van der Waals surface area contributed by atoms with Gasteiger partial charge in [-0.1, -0.05) is 73.3 Å². The van der Waals surface area contributed by atoms with Crippen molar-refractivity contribution in [3.05, 3.63) is 86.8 Å². The Labute approximate surface area is 240 Å². The number of hydrogen-bond donors (Lipinski definition) is 1. The predicted octanol–water partition coefficient (Wildman–Crippen LogP) is 5.66. The number of imide groups is 1. The minimum absolute atomic E-state index is 0.156. The maximum absolute atomic E-state index is 13.6. The summed E-state index contributed by atoms with van der Waals surface area (Å²) in [4.78, 5) is 54.1. The number of amides is 3. The van der Waals surface area contributed by atoms with Gasteiger partial charge in [-0.25, -0.2) is 4.90 Å². The fraction of sp³-hybridized carbons (Fsp3) is 0.241. The highest BCUT2D eigenvalue weighted by atomic mass is 32.2. The van der Waals surface area contributed by atoms with Gasteiger partial charge in [-0.3, -0.25) is 23.7 Å². The van der Waals surface area contributed by atoms with Crippen LogP contribution in [-0.4, -0.2) is 27.5 Å². The first kappa shape index (κ1) is 27.3. The van der Waals surface area contributed by atoms with E-state index in [0.717, 1.165) is 57.0 Å². The van der Waals surface area contributed by atoms with Crippen molar-refractivity contribution >= 4 is 63.0 Å². The van der Waals surface area contributed by atoms with Crippen LogP contribution in [0.25, 0.3) is 10.8 Å². The summed E-state index contributed by atoms with van der Waals surface area (Å²) in [7, 11) is 0. The van der Waals surface area contributed by atoms with Gasteiger partial charge in [0.2, 0.25) is 17.7 Å². The average Bonchev–Trinajstić information content (AvgIpc) is 3.37. The lowest BCUT2D eigenvalue weighted by atomic mass is 9.76. The molecule has 4 aromatic rings. The summed E-state index contributed by atoms with van der Waals surface area (Å²) in [5, 5.41) is 4.20. The molecule has 12 heteroatoms. The van der Waals surface area contributed by atoms with Gasteiger partial charge in [0.25, 0.3) is 0 Å². The molecule has 2 aliphatic rings. The van der Waals surface area contributed by atoms with Crippen LogP contribution in [0.5, 0.6) is 0 Å². The Kier molecular flexibility index (Phi) is 6.38. The normalized spacial score (nSPS) is 19.8. The van der Waals surface area contributed by atoms with Gasteiger partial charge in [0.15, 0.2) is 0 Å². The van der Waals surface area contributed by atoms with Crippen LogP contribution in [0.1, 0.15) is 24.3 Å². The molecule has 3 heterocycles. The Balaban J connectivity index is 1.29. The largest absolute Gasteiger partial charge is 0.416 e. The second-order valence-electron chi connectivity index (χ2n) is 10.5. The number of thioether (sulfide) groups is 1. The molecule has 6 rings (SSSR count). The maximum Gasteiger partial charge on any atom is 0.416 e. The molecule has 210 valence electrons. The number of hydrogen-bond acceptors (Lipinski definition) is 6. The Morgan fingerprint density at radius 3 is 2.41 bits per heavy atom. The van der Waals surface area contributed by atoms with Crippen LogP contribution < -0.4 is 15.1 Å². The fourth-order valence-corrected chi connectivity index (χ4v) is 8.49. The highest BCUT2D eigenvalue weighted by molar-refractivity contribution is 8.00. The SMILES string of the molecule is CC1(C)c2sc(=O)n(CC(=O)Nc3ccc4ccccc4c3)c2S[C@@H]2C(=O)N(c3cccc(C(F)(F)F)c3)C(=O)[C@@H]21. The summed E-state index contributed by atoms with van der Waals surface area (Å²) < 4.78 is 41.3. The van der Waals surface area contributed by atoms with Gasteiger partial charge in [0.05, 0.1) is 22.2 Å². The lowest BCUT2D eigenvalue weighted by Crippen LogP contribution is -2.42. The van der Waals surface area contributed by atoms with Crippen molar-refractivity contribution in [2.24, 2.45) is 5.92 Å². The lowest BCUT2D eigenvalue weighted by molar-refractivity contribution is -0.137. The molecular weight excluding hydrogens is 575 g/mol. The van der Waals surface area contributed by atoms with Crippen molar-refractivity contribution in [3.8, 4) is 0 Å². The third-order valence-electron chi connectivity index (χ3n) is 7.47. The van der Waals surface area contributed by atoms with E-state index in [-0.39, 0.29) is 12.2 Å². The number of nitrogens with zero attached hydrogens (tertiary/aromatic N) is 2. The average molecular weight is 598 g/mol. The molecule has 1 N–H and O–H groups in total. The zero-order valence-corrected chi connectivity index (χ0v) is 23.3. The number of nitrogens with one attached hydrogen (secondary N) is 1. The summed E-state index contributed by atoms with van der Waals surface area (Å²) in [5.74, 6) is -2.62. The van der Waals surface area contributed by atoms with E-state index in [0.29, 0.717) is 15.6 Å². The van der Waals surface area contributed by atoms with Crippen LogP contribution >= 0.6 is 23.1 Å². The number of carbonyl (C=O) groups excluding carboxylic acids is 3. The molecule has 2 atom stereocenters. The highest BCUT2D eigenvalue weighted by Crippen LogP contribution is 2.54. The highest BCUT2D eigenvalue weighted by Gasteiger charge is 2.59. The van der Waals surface area contributed by atoms with Crippen molar-refractivity contribution in [2.75, 3.05) is 10.2 Å². The van der Waals surface area contributed by atoms with E-state index in [9.17, 15) is 32.3 Å². The molecule has 3 aromatic carbocycles. The molecule has 0 saturated carbocycles. The Hall–Kier alpha value is -3.90. The first-order valence-corrected chi connectivity index (χ1v) is 14.3. The summed E-state index contributed by atoms with van der Waals surface area (Å²) in [6.45, 7) is 3.16. The summed E-state index contributed by atoms with van der Waals surface area (Å²) >= 11 is 1.91. The summed E-state index contributed by atoms with van der Waals surface area (Å²) in [5.41, 5.74) is -1.55. The zero-order valence-electron chi connectivity index (χ0n) is 21.7. The molecule has 1 fully saturated rings. The third kappa shape index (κ3) is 4.55. The Morgan fingerprint density at radius 2 is 1.68 bits per heavy atom. The molecular formula is C29H22F3N3O4S2. The summed E-state index contributed by atoms with van der Waals surface area (Å²) in [6, 6.07) is 17.2. The van der Waals surface area contributed by atoms with Gasteiger partial charge in [-0.2, -0.15) is 13.2 Å². The van der Waals surface area contributed by atoms with Crippen molar-refractivity contribution in [1.82, 2.24) is 4.57 Å². The van der Waals surface area contributed by atoms with Gasteiger partial charge in [-0.05, 0) is 41.1 Å². The second kappa shape index (κ2) is 9.59. The number of halogens is 3. The first-order valence-electron chi connectivity index (χ1n) is 12.6. The molecule has 3 amide bonds. The van der Waals surface area contributed by atoms with Gasteiger partial charge in [0, 0.05) is 16.0 Å². The minimum Gasteiger partial charge on any atom is -0.325 e. The Bertz CT molecular complexity index is 1810. The van der Waals surface area contributed by atoms with Gasteiger partial charge < -0.3 is 5.32 Å². The number of anilines is 2. The number of benzene rings is 3.